The molecule has 3 heterocycles. The number of thiophene rings is 1. The Bertz CT molecular complexity index is 719. The SMILES string of the molecule is Cc1noc(C)c1CN1CCC(NC(=O)Cc2cccs2)CCC1=O. The molecule has 1 atom stereocenters. The highest BCUT2D eigenvalue weighted by Gasteiger charge is 2.25. The van der Waals surface area contributed by atoms with E-state index in [-0.39, 0.29) is 17.9 Å². The molecule has 1 N–H and O–H groups in total. The second-order valence-corrected chi connectivity index (χ2v) is 7.50. The first-order chi connectivity index (χ1) is 12.0. The van der Waals surface area contributed by atoms with Gasteiger partial charge in [-0.05, 0) is 38.1 Å². The number of carbonyl (C=O) groups excluding carboxylic acids is 2. The van der Waals surface area contributed by atoms with Crippen LogP contribution in [0.2, 0.25) is 0 Å². The van der Waals surface area contributed by atoms with Gasteiger partial charge in [0.15, 0.2) is 0 Å². The highest BCUT2D eigenvalue weighted by molar-refractivity contribution is 7.10. The van der Waals surface area contributed by atoms with Crippen molar-refractivity contribution in [3.8, 4) is 0 Å². The Balaban J connectivity index is 1.55. The molecule has 2 aromatic heterocycles. The fraction of sp³-hybridized carbons (Fsp3) is 0.500. The number of hydrogen-bond acceptors (Lipinski definition) is 5. The predicted molar refractivity (Wildman–Crippen MR) is 95.2 cm³/mol. The zero-order valence-corrected chi connectivity index (χ0v) is 15.4. The van der Waals surface area contributed by atoms with Crippen molar-refractivity contribution < 1.29 is 14.1 Å². The van der Waals surface area contributed by atoms with Gasteiger partial charge in [-0.15, -0.1) is 11.3 Å². The fourth-order valence-corrected chi connectivity index (χ4v) is 3.82. The van der Waals surface area contributed by atoms with E-state index in [2.05, 4.69) is 10.5 Å². The number of hydrogen-bond donors (Lipinski definition) is 1. The van der Waals surface area contributed by atoms with E-state index in [0.29, 0.717) is 32.4 Å². The van der Waals surface area contributed by atoms with Gasteiger partial charge in [0.25, 0.3) is 0 Å². The van der Waals surface area contributed by atoms with Crippen molar-refractivity contribution in [2.24, 2.45) is 0 Å². The van der Waals surface area contributed by atoms with Crippen molar-refractivity contribution in [2.75, 3.05) is 6.54 Å². The van der Waals surface area contributed by atoms with Gasteiger partial charge < -0.3 is 14.7 Å². The van der Waals surface area contributed by atoms with Crippen LogP contribution in [0.15, 0.2) is 22.0 Å². The fourth-order valence-electron chi connectivity index (χ4n) is 3.12. The van der Waals surface area contributed by atoms with Gasteiger partial charge in [-0.2, -0.15) is 0 Å². The van der Waals surface area contributed by atoms with E-state index in [4.69, 9.17) is 4.52 Å². The maximum absolute atomic E-state index is 12.4. The smallest absolute Gasteiger partial charge is 0.225 e. The maximum Gasteiger partial charge on any atom is 0.225 e. The molecule has 0 spiro atoms. The summed E-state index contributed by atoms with van der Waals surface area (Å²) in [6, 6.07) is 3.96. The summed E-state index contributed by atoms with van der Waals surface area (Å²) < 4.78 is 5.18. The molecule has 1 fully saturated rings. The normalized spacial score (nSPS) is 18.2. The molecule has 0 bridgehead atoms. The van der Waals surface area contributed by atoms with E-state index < -0.39 is 0 Å². The van der Waals surface area contributed by atoms with E-state index in [1.54, 1.807) is 11.3 Å². The van der Waals surface area contributed by atoms with Crippen LogP contribution in [-0.2, 0) is 22.6 Å². The summed E-state index contributed by atoms with van der Waals surface area (Å²) in [4.78, 5) is 27.5. The first-order valence-electron chi connectivity index (χ1n) is 8.54. The molecule has 3 rings (SSSR count). The van der Waals surface area contributed by atoms with Gasteiger partial charge in [0, 0.05) is 29.4 Å². The standard InChI is InChI=1S/C18H23N3O3S/c1-12-16(13(2)24-20-12)11-21-8-7-14(5-6-18(21)23)19-17(22)10-15-4-3-9-25-15/h3-4,9,14H,5-8,10-11H2,1-2H3,(H,19,22). The number of aryl methyl sites for hydroxylation is 2. The molecule has 1 unspecified atom stereocenters. The van der Waals surface area contributed by atoms with E-state index in [1.165, 1.54) is 0 Å². The Labute approximate surface area is 151 Å². The molecule has 1 saturated heterocycles. The Morgan fingerprint density at radius 2 is 2.28 bits per heavy atom. The van der Waals surface area contributed by atoms with Crippen LogP contribution in [0.1, 0.15) is 41.2 Å². The summed E-state index contributed by atoms with van der Waals surface area (Å²) in [7, 11) is 0. The minimum Gasteiger partial charge on any atom is -0.361 e. The largest absolute Gasteiger partial charge is 0.361 e. The molecule has 1 aliphatic rings. The van der Waals surface area contributed by atoms with Crippen LogP contribution < -0.4 is 5.32 Å². The molecular weight excluding hydrogens is 338 g/mol. The number of aromatic nitrogens is 1. The maximum atomic E-state index is 12.4. The number of nitrogens with one attached hydrogen (secondary N) is 1. The van der Waals surface area contributed by atoms with Crippen LogP contribution >= 0.6 is 11.3 Å². The number of nitrogens with zero attached hydrogens (tertiary/aromatic N) is 2. The average molecular weight is 361 g/mol. The van der Waals surface area contributed by atoms with Crippen molar-refractivity contribution in [3.05, 3.63) is 39.4 Å². The molecule has 6 nitrogen and oxygen atoms in total. The quantitative estimate of drug-likeness (QED) is 0.888. The van der Waals surface area contributed by atoms with Gasteiger partial charge in [-0.25, -0.2) is 0 Å². The lowest BCUT2D eigenvalue weighted by Gasteiger charge is -2.21. The van der Waals surface area contributed by atoms with Gasteiger partial charge in [-0.3, -0.25) is 9.59 Å². The van der Waals surface area contributed by atoms with Crippen LogP contribution in [0, 0.1) is 13.8 Å². The molecule has 1 aliphatic heterocycles. The van der Waals surface area contributed by atoms with Gasteiger partial charge in [0.1, 0.15) is 5.76 Å². The van der Waals surface area contributed by atoms with Crippen molar-refractivity contribution in [3.63, 3.8) is 0 Å². The molecule has 2 amide bonds. The molecule has 0 radical (unpaired) electrons. The van der Waals surface area contributed by atoms with Crippen molar-refractivity contribution in [2.45, 2.75) is 52.1 Å². The first kappa shape index (κ1) is 17.7. The summed E-state index contributed by atoms with van der Waals surface area (Å²) in [5, 5.41) is 9.00. The van der Waals surface area contributed by atoms with Crippen LogP contribution in [0.25, 0.3) is 0 Å². The third-order valence-electron chi connectivity index (χ3n) is 4.62. The van der Waals surface area contributed by atoms with Crippen LogP contribution in [0.5, 0.6) is 0 Å². The van der Waals surface area contributed by atoms with Crippen molar-refractivity contribution >= 4 is 23.2 Å². The molecule has 7 heteroatoms. The van der Waals surface area contributed by atoms with Gasteiger partial charge in [-0.1, -0.05) is 11.2 Å². The Kier molecular flexibility index (Phi) is 5.53. The predicted octanol–water partition coefficient (Wildman–Crippen LogP) is 2.59. The molecule has 2 aromatic rings. The van der Waals surface area contributed by atoms with Crippen LogP contribution in [0.3, 0.4) is 0 Å². The summed E-state index contributed by atoms with van der Waals surface area (Å²) in [6.07, 6.45) is 2.32. The number of rotatable bonds is 5. The monoisotopic (exact) mass is 361 g/mol. The molecule has 0 aromatic carbocycles. The van der Waals surface area contributed by atoms with E-state index >= 15 is 0 Å². The summed E-state index contributed by atoms with van der Waals surface area (Å²) >= 11 is 1.58. The molecular formula is C18H23N3O3S. The van der Waals surface area contributed by atoms with Crippen LogP contribution in [0.4, 0.5) is 0 Å². The lowest BCUT2D eigenvalue weighted by molar-refractivity contribution is -0.131. The number of likely N-dealkylation sites (tertiary alicyclic amines) is 1. The minimum atomic E-state index is 0.0269. The highest BCUT2D eigenvalue weighted by atomic mass is 32.1. The van der Waals surface area contributed by atoms with E-state index in [1.807, 2.05) is 36.3 Å². The van der Waals surface area contributed by atoms with E-state index in [0.717, 1.165) is 28.3 Å². The topological polar surface area (TPSA) is 75.4 Å². The molecule has 0 saturated carbocycles. The lowest BCUT2D eigenvalue weighted by Crippen LogP contribution is -2.36. The Morgan fingerprint density at radius 1 is 1.44 bits per heavy atom. The van der Waals surface area contributed by atoms with Gasteiger partial charge in [0.2, 0.25) is 11.8 Å². The molecule has 0 aliphatic carbocycles. The summed E-state index contributed by atoms with van der Waals surface area (Å²) in [6.45, 7) is 4.91. The second-order valence-electron chi connectivity index (χ2n) is 6.47. The lowest BCUT2D eigenvalue weighted by atomic mass is 10.1. The third-order valence-corrected chi connectivity index (χ3v) is 5.49. The summed E-state index contributed by atoms with van der Waals surface area (Å²) in [5.41, 5.74) is 1.81. The Hall–Kier alpha value is -2.15. The molecule has 25 heavy (non-hydrogen) atoms. The minimum absolute atomic E-state index is 0.0269. The first-order valence-corrected chi connectivity index (χ1v) is 9.42. The zero-order chi connectivity index (χ0) is 17.8. The second kappa shape index (κ2) is 7.82. The number of carbonyl (C=O) groups is 2. The van der Waals surface area contributed by atoms with E-state index in [9.17, 15) is 9.59 Å². The van der Waals surface area contributed by atoms with Crippen molar-refractivity contribution in [1.29, 1.82) is 0 Å². The highest BCUT2D eigenvalue weighted by Crippen LogP contribution is 2.19. The number of amides is 2. The summed E-state index contributed by atoms with van der Waals surface area (Å²) in [5.74, 6) is 0.907. The molecule has 134 valence electrons. The van der Waals surface area contributed by atoms with Crippen molar-refractivity contribution in [1.82, 2.24) is 15.4 Å². The van der Waals surface area contributed by atoms with Gasteiger partial charge in [0.05, 0.1) is 18.7 Å². The van der Waals surface area contributed by atoms with Crippen LogP contribution in [-0.4, -0.2) is 34.5 Å². The zero-order valence-electron chi connectivity index (χ0n) is 14.6. The third kappa shape index (κ3) is 4.48. The van der Waals surface area contributed by atoms with Gasteiger partial charge >= 0.3 is 0 Å². The Morgan fingerprint density at radius 3 is 2.96 bits per heavy atom. The average Bonchev–Trinajstić information content (AvgIpc) is 3.15.